The first-order valence-corrected chi connectivity index (χ1v) is 7.71. The minimum atomic E-state index is -0.749. The molecule has 114 valence electrons. The molecule has 3 rings (SSSR count). The second-order valence-corrected chi connectivity index (χ2v) is 6.20. The molecule has 1 saturated heterocycles. The van der Waals surface area contributed by atoms with E-state index in [0.29, 0.717) is 17.0 Å². The first-order valence-electron chi connectivity index (χ1n) is 6.66. The van der Waals surface area contributed by atoms with E-state index in [2.05, 4.69) is 15.0 Å². The van der Waals surface area contributed by atoms with Gasteiger partial charge < -0.3 is 20.7 Å². The molecule has 3 heterocycles. The molecular weight excluding hydrogens is 294 g/mol. The van der Waals surface area contributed by atoms with Crippen LogP contribution in [0.1, 0.15) is 13.2 Å². The third-order valence-electron chi connectivity index (χ3n) is 3.51. The van der Waals surface area contributed by atoms with Crippen molar-refractivity contribution in [1.29, 1.82) is 0 Å². The predicted molar refractivity (Wildman–Crippen MR) is 78.7 cm³/mol. The lowest BCUT2D eigenvalue weighted by molar-refractivity contribution is -0.0430. The molecule has 4 atom stereocenters. The van der Waals surface area contributed by atoms with Gasteiger partial charge in [-0.2, -0.15) is 11.8 Å². The fourth-order valence-corrected chi connectivity index (χ4v) is 3.64. The number of aromatic nitrogens is 4. The summed E-state index contributed by atoms with van der Waals surface area (Å²) in [5.41, 5.74) is 6.84. The van der Waals surface area contributed by atoms with Crippen LogP contribution in [-0.2, 0) is 4.74 Å². The Balaban J connectivity index is 2.02. The van der Waals surface area contributed by atoms with Gasteiger partial charge in [0.2, 0.25) is 0 Å². The van der Waals surface area contributed by atoms with Crippen LogP contribution < -0.4 is 5.73 Å². The number of nitrogen functional groups attached to an aromatic ring is 1. The third-order valence-corrected chi connectivity index (χ3v) is 4.74. The summed E-state index contributed by atoms with van der Waals surface area (Å²) < 4.78 is 7.52. The summed E-state index contributed by atoms with van der Waals surface area (Å²) >= 11 is 1.58. The molecule has 21 heavy (non-hydrogen) atoms. The summed E-state index contributed by atoms with van der Waals surface area (Å²) in [5, 5.41) is 19.4. The number of hydrogen-bond acceptors (Lipinski definition) is 8. The number of hydrogen-bond donors (Lipinski definition) is 3. The highest BCUT2D eigenvalue weighted by atomic mass is 32.2. The maximum Gasteiger partial charge on any atom is 0.167 e. The van der Waals surface area contributed by atoms with Gasteiger partial charge in [0.1, 0.15) is 17.9 Å². The molecule has 0 bridgehead atoms. The number of aliphatic hydroxyl groups excluding tert-OH is 2. The predicted octanol–water partition coefficient (Wildman–Crippen LogP) is -0.219. The van der Waals surface area contributed by atoms with Crippen molar-refractivity contribution in [1.82, 2.24) is 19.5 Å². The minimum absolute atomic E-state index is 0.208. The first-order chi connectivity index (χ1) is 10.2. The molecule has 9 heteroatoms. The Morgan fingerprint density at radius 2 is 2.24 bits per heavy atom. The molecule has 8 nitrogen and oxygen atoms in total. The molecule has 0 saturated carbocycles. The SMILES string of the molecule is CCS[C@@H]1[C@H](O)[C@@H](CO)O[C@H]1n1cnc2c(N)ncnc21. The van der Waals surface area contributed by atoms with Crippen molar-refractivity contribution in [2.24, 2.45) is 0 Å². The van der Waals surface area contributed by atoms with E-state index in [1.54, 1.807) is 22.7 Å². The zero-order chi connectivity index (χ0) is 15.0. The molecule has 1 aliphatic rings. The summed E-state index contributed by atoms with van der Waals surface area (Å²) in [6.45, 7) is 1.77. The van der Waals surface area contributed by atoms with Crippen molar-refractivity contribution >= 4 is 28.7 Å². The zero-order valence-corrected chi connectivity index (χ0v) is 12.3. The van der Waals surface area contributed by atoms with Crippen LogP contribution in [-0.4, -0.2) is 59.5 Å². The van der Waals surface area contributed by atoms with Gasteiger partial charge in [-0.15, -0.1) is 0 Å². The number of nitrogens with two attached hydrogens (primary N) is 1. The van der Waals surface area contributed by atoms with Crippen molar-refractivity contribution in [2.75, 3.05) is 18.1 Å². The van der Waals surface area contributed by atoms with E-state index in [1.807, 2.05) is 6.92 Å². The molecule has 0 unspecified atom stereocenters. The lowest BCUT2D eigenvalue weighted by atomic mass is 10.2. The van der Waals surface area contributed by atoms with E-state index in [4.69, 9.17) is 10.5 Å². The molecule has 0 aliphatic carbocycles. The van der Waals surface area contributed by atoms with Crippen molar-refractivity contribution < 1.29 is 14.9 Å². The number of imidazole rings is 1. The van der Waals surface area contributed by atoms with Crippen molar-refractivity contribution in [2.45, 2.75) is 30.6 Å². The summed E-state index contributed by atoms with van der Waals surface area (Å²) in [5.74, 6) is 1.12. The number of rotatable bonds is 4. The highest BCUT2D eigenvalue weighted by molar-refractivity contribution is 7.99. The molecule has 4 N–H and O–H groups in total. The van der Waals surface area contributed by atoms with Gasteiger partial charge in [0.05, 0.1) is 24.3 Å². The maximum atomic E-state index is 10.3. The minimum Gasteiger partial charge on any atom is -0.394 e. The Bertz CT molecular complexity index is 636. The van der Waals surface area contributed by atoms with Crippen LogP contribution in [0.25, 0.3) is 11.2 Å². The fraction of sp³-hybridized carbons (Fsp3) is 0.583. The molecule has 0 aromatic carbocycles. The smallest absolute Gasteiger partial charge is 0.167 e. The standard InChI is InChI=1S/C12H17N5O3S/c1-2-21-9-8(19)6(3-18)20-12(9)17-5-16-7-10(13)14-4-15-11(7)17/h4-6,8-9,12,18-19H,2-3H2,1H3,(H2,13,14,15)/t6-,8-,9-,12-/m1/s1. The number of anilines is 1. The van der Waals surface area contributed by atoms with Gasteiger partial charge >= 0.3 is 0 Å². The Labute approximate surface area is 125 Å². The van der Waals surface area contributed by atoms with E-state index in [1.165, 1.54) is 6.33 Å². The van der Waals surface area contributed by atoms with Gasteiger partial charge in [-0.25, -0.2) is 15.0 Å². The second-order valence-electron chi connectivity index (χ2n) is 4.74. The number of thioether (sulfide) groups is 1. The van der Waals surface area contributed by atoms with Gasteiger partial charge in [-0.3, -0.25) is 4.57 Å². The third kappa shape index (κ3) is 2.35. The molecule has 0 amide bonds. The monoisotopic (exact) mass is 311 g/mol. The van der Waals surface area contributed by atoms with Gasteiger partial charge in [0, 0.05) is 0 Å². The number of ether oxygens (including phenoxy) is 1. The molecule has 2 aromatic rings. The number of aliphatic hydroxyl groups is 2. The van der Waals surface area contributed by atoms with Gasteiger partial charge in [0.25, 0.3) is 0 Å². The quantitative estimate of drug-likeness (QED) is 0.709. The Kier molecular flexibility index (Phi) is 3.98. The molecule has 1 fully saturated rings. The van der Waals surface area contributed by atoms with E-state index in [-0.39, 0.29) is 11.9 Å². The van der Waals surface area contributed by atoms with Crippen LogP contribution in [0.4, 0.5) is 5.82 Å². The maximum absolute atomic E-state index is 10.3. The van der Waals surface area contributed by atoms with Gasteiger partial charge in [-0.05, 0) is 5.75 Å². The van der Waals surface area contributed by atoms with E-state index in [9.17, 15) is 10.2 Å². The van der Waals surface area contributed by atoms with Gasteiger partial charge in [0.15, 0.2) is 17.7 Å². The highest BCUT2D eigenvalue weighted by Crippen LogP contribution is 2.38. The lowest BCUT2D eigenvalue weighted by Crippen LogP contribution is -2.31. The second kappa shape index (κ2) is 5.76. The van der Waals surface area contributed by atoms with E-state index < -0.39 is 18.4 Å². The van der Waals surface area contributed by atoms with Crippen molar-refractivity contribution in [3.8, 4) is 0 Å². The first kappa shape index (κ1) is 14.5. The lowest BCUT2D eigenvalue weighted by Gasteiger charge is -2.20. The van der Waals surface area contributed by atoms with Crippen LogP contribution in [0.2, 0.25) is 0 Å². The largest absolute Gasteiger partial charge is 0.394 e. The fourth-order valence-electron chi connectivity index (χ4n) is 2.52. The molecule has 0 radical (unpaired) electrons. The van der Waals surface area contributed by atoms with Crippen LogP contribution in [0.15, 0.2) is 12.7 Å². The summed E-state index contributed by atoms with van der Waals surface area (Å²) in [4.78, 5) is 12.3. The van der Waals surface area contributed by atoms with Crippen LogP contribution >= 0.6 is 11.8 Å². The normalized spacial score (nSPS) is 29.3. The Morgan fingerprint density at radius 1 is 1.43 bits per heavy atom. The number of nitrogens with zero attached hydrogens (tertiary/aromatic N) is 4. The van der Waals surface area contributed by atoms with Crippen molar-refractivity contribution in [3.63, 3.8) is 0 Å². The van der Waals surface area contributed by atoms with E-state index >= 15 is 0 Å². The molecule has 0 spiro atoms. The van der Waals surface area contributed by atoms with Crippen LogP contribution in [0.5, 0.6) is 0 Å². The zero-order valence-electron chi connectivity index (χ0n) is 11.5. The molecule has 2 aromatic heterocycles. The van der Waals surface area contributed by atoms with Crippen LogP contribution in [0.3, 0.4) is 0 Å². The molecule has 1 aliphatic heterocycles. The summed E-state index contributed by atoms with van der Waals surface area (Å²) in [7, 11) is 0. The average molecular weight is 311 g/mol. The Morgan fingerprint density at radius 3 is 2.95 bits per heavy atom. The average Bonchev–Trinajstić information content (AvgIpc) is 3.03. The van der Waals surface area contributed by atoms with Crippen LogP contribution in [0, 0.1) is 0 Å². The summed E-state index contributed by atoms with van der Waals surface area (Å²) in [6, 6.07) is 0. The highest BCUT2D eigenvalue weighted by Gasteiger charge is 2.44. The van der Waals surface area contributed by atoms with Crippen molar-refractivity contribution in [3.05, 3.63) is 12.7 Å². The summed E-state index contributed by atoms with van der Waals surface area (Å²) in [6.07, 6.45) is 1.13. The topological polar surface area (TPSA) is 119 Å². The Hall–Kier alpha value is -1.42. The number of fused-ring (bicyclic) bond motifs is 1. The van der Waals surface area contributed by atoms with E-state index in [0.717, 1.165) is 5.75 Å². The van der Waals surface area contributed by atoms with Gasteiger partial charge in [-0.1, -0.05) is 6.92 Å². The molecular formula is C12H17N5O3S.